The Kier molecular flexibility index (Phi) is 5.15. The molecule has 0 aromatic carbocycles. The Morgan fingerprint density at radius 2 is 2.13 bits per heavy atom. The Bertz CT molecular complexity index is 1140. The highest BCUT2D eigenvalue weighted by Gasteiger charge is 2.14. The number of rotatable bonds is 5. The summed E-state index contributed by atoms with van der Waals surface area (Å²) in [5, 5.41) is 17.0. The molecule has 154 valence electrons. The summed E-state index contributed by atoms with van der Waals surface area (Å²) in [4.78, 5) is 9.42. The van der Waals surface area contributed by atoms with Gasteiger partial charge < -0.3 is 10.6 Å². The van der Waals surface area contributed by atoms with Crippen LogP contribution in [-0.2, 0) is 6.54 Å². The van der Waals surface area contributed by atoms with Crippen LogP contribution < -0.4 is 10.6 Å². The van der Waals surface area contributed by atoms with Crippen LogP contribution in [-0.4, -0.2) is 48.7 Å². The quantitative estimate of drug-likeness (QED) is 0.533. The molecule has 1 aliphatic rings. The second-order valence-electron chi connectivity index (χ2n) is 7.69. The minimum atomic E-state index is 0.399. The van der Waals surface area contributed by atoms with Crippen molar-refractivity contribution in [3.8, 4) is 17.1 Å². The van der Waals surface area contributed by atoms with Gasteiger partial charge in [-0.3, -0.25) is 9.67 Å². The predicted molar refractivity (Wildman–Crippen MR) is 118 cm³/mol. The van der Waals surface area contributed by atoms with Gasteiger partial charge in [0.15, 0.2) is 5.82 Å². The first-order chi connectivity index (χ1) is 14.8. The van der Waals surface area contributed by atoms with Gasteiger partial charge in [-0.1, -0.05) is 12.5 Å². The molecule has 5 heterocycles. The van der Waals surface area contributed by atoms with E-state index in [1.54, 1.807) is 0 Å². The van der Waals surface area contributed by atoms with E-state index in [0.717, 1.165) is 59.9 Å². The van der Waals surface area contributed by atoms with Crippen LogP contribution in [0, 0.1) is 0 Å². The Balaban J connectivity index is 1.46. The Hall–Kier alpha value is -3.26. The second kappa shape index (κ2) is 8.23. The van der Waals surface area contributed by atoms with Crippen molar-refractivity contribution in [3.63, 3.8) is 0 Å². The lowest BCUT2D eigenvalue weighted by molar-refractivity contribution is 0.633. The third-order valence-corrected chi connectivity index (χ3v) is 5.56. The molecule has 0 spiro atoms. The van der Waals surface area contributed by atoms with E-state index in [9.17, 15) is 0 Å². The molecule has 0 amide bonds. The molecule has 1 saturated heterocycles. The first-order valence-corrected chi connectivity index (χ1v) is 10.6. The summed E-state index contributed by atoms with van der Waals surface area (Å²) in [5.74, 6) is 1.67. The number of anilines is 1. The number of aryl methyl sites for hydroxylation is 1. The number of aromatic nitrogens is 6. The molecule has 1 fully saturated rings. The summed E-state index contributed by atoms with van der Waals surface area (Å²) >= 11 is 0. The number of hydrogen-bond acceptors (Lipinski definition) is 6. The maximum absolute atomic E-state index is 4.83. The molecule has 0 saturated carbocycles. The monoisotopic (exact) mass is 402 g/mol. The lowest BCUT2D eigenvalue weighted by atomic mass is 10.1. The molecule has 0 aliphatic carbocycles. The molecule has 4 aromatic rings. The van der Waals surface area contributed by atoms with Crippen molar-refractivity contribution in [2.45, 2.75) is 38.8 Å². The summed E-state index contributed by atoms with van der Waals surface area (Å²) in [7, 11) is 0. The lowest BCUT2D eigenvalue weighted by Gasteiger charge is -2.17. The molecular formula is C22H26N8. The fourth-order valence-corrected chi connectivity index (χ4v) is 3.90. The Labute approximate surface area is 175 Å². The Morgan fingerprint density at radius 3 is 3.03 bits per heavy atom. The lowest BCUT2D eigenvalue weighted by Crippen LogP contribution is -2.31. The van der Waals surface area contributed by atoms with Gasteiger partial charge in [0.05, 0.1) is 23.6 Å². The van der Waals surface area contributed by atoms with Crippen LogP contribution in [0.15, 0.2) is 49.1 Å². The molecule has 5 rings (SSSR count). The SMILES string of the molecule is CCn1cc(-c2cc3c(cn2)cnn3-c2cccc(N[C@@H]3CCCCNC3)n2)cn1. The van der Waals surface area contributed by atoms with Gasteiger partial charge in [0.1, 0.15) is 5.82 Å². The third kappa shape index (κ3) is 3.78. The fraction of sp³-hybridized carbons (Fsp3) is 0.364. The first-order valence-electron chi connectivity index (χ1n) is 10.6. The van der Waals surface area contributed by atoms with Crippen molar-refractivity contribution in [1.82, 2.24) is 34.8 Å². The highest BCUT2D eigenvalue weighted by atomic mass is 15.3. The van der Waals surface area contributed by atoms with Crippen LogP contribution in [0.2, 0.25) is 0 Å². The van der Waals surface area contributed by atoms with Crippen molar-refractivity contribution in [3.05, 3.63) is 49.1 Å². The molecule has 0 bridgehead atoms. The van der Waals surface area contributed by atoms with Gasteiger partial charge in [0, 0.05) is 42.5 Å². The Morgan fingerprint density at radius 1 is 1.17 bits per heavy atom. The molecule has 1 aliphatic heterocycles. The number of nitrogens with one attached hydrogen (secondary N) is 2. The van der Waals surface area contributed by atoms with E-state index >= 15 is 0 Å². The highest BCUT2D eigenvalue weighted by Crippen LogP contribution is 2.24. The zero-order chi connectivity index (χ0) is 20.3. The van der Waals surface area contributed by atoms with Crippen molar-refractivity contribution >= 4 is 16.7 Å². The molecule has 0 radical (unpaired) electrons. The van der Waals surface area contributed by atoms with E-state index in [1.807, 2.05) is 52.4 Å². The molecule has 8 nitrogen and oxygen atoms in total. The molecule has 0 unspecified atom stereocenters. The smallest absolute Gasteiger partial charge is 0.156 e. The van der Waals surface area contributed by atoms with Gasteiger partial charge in [0.25, 0.3) is 0 Å². The minimum Gasteiger partial charge on any atom is -0.366 e. The van der Waals surface area contributed by atoms with E-state index in [-0.39, 0.29) is 0 Å². The topological polar surface area (TPSA) is 85.5 Å². The van der Waals surface area contributed by atoms with Crippen molar-refractivity contribution in [2.75, 3.05) is 18.4 Å². The number of hydrogen-bond donors (Lipinski definition) is 2. The molecular weight excluding hydrogens is 376 g/mol. The fourth-order valence-electron chi connectivity index (χ4n) is 3.90. The average molecular weight is 403 g/mol. The number of nitrogens with zero attached hydrogens (tertiary/aromatic N) is 6. The number of pyridine rings is 2. The summed E-state index contributed by atoms with van der Waals surface area (Å²) in [5.41, 5.74) is 2.85. The largest absolute Gasteiger partial charge is 0.366 e. The van der Waals surface area contributed by atoms with E-state index in [0.29, 0.717) is 6.04 Å². The third-order valence-electron chi connectivity index (χ3n) is 5.56. The molecule has 2 N–H and O–H groups in total. The van der Waals surface area contributed by atoms with Crippen LogP contribution in [0.5, 0.6) is 0 Å². The van der Waals surface area contributed by atoms with Crippen molar-refractivity contribution in [1.29, 1.82) is 0 Å². The normalized spacial score (nSPS) is 17.2. The maximum atomic E-state index is 4.83. The van der Waals surface area contributed by atoms with Crippen LogP contribution in [0.4, 0.5) is 5.82 Å². The second-order valence-corrected chi connectivity index (χ2v) is 7.69. The predicted octanol–water partition coefficient (Wildman–Crippen LogP) is 3.25. The van der Waals surface area contributed by atoms with Crippen molar-refractivity contribution in [2.24, 2.45) is 0 Å². The average Bonchev–Trinajstić information content (AvgIpc) is 3.35. The molecule has 8 heteroatoms. The van der Waals surface area contributed by atoms with Gasteiger partial charge in [0.2, 0.25) is 0 Å². The summed E-state index contributed by atoms with van der Waals surface area (Å²) < 4.78 is 3.78. The minimum absolute atomic E-state index is 0.399. The van der Waals surface area contributed by atoms with Gasteiger partial charge in [-0.05, 0) is 44.5 Å². The van der Waals surface area contributed by atoms with E-state index in [1.165, 1.54) is 12.8 Å². The molecule has 4 aromatic heterocycles. The van der Waals surface area contributed by atoms with E-state index in [2.05, 4.69) is 38.8 Å². The van der Waals surface area contributed by atoms with Crippen LogP contribution in [0.25, 0.3) is 28.0 Å². The van der Waals surface area contributed by atoms with Crippen LogP contribution in [0.1, 0.15) is 26.2 Å². The van der Waals surface area contributed by atoms with Crippen LogP contribution >= 0.6 is 0 Å². The first kappa shape index (κ1) is 18.7. The summed E-state index contributed by atoms with van der Waals surface area (Å²) in [6.45, 7) is 4.97. The summed E-state index contributed by atoms with van der Waals surface area (Å²) in [6.07, 6.45) is 11.2. The number of fused-ring (bicyclic) bond motifs is 1. The van der Waals surface area contributed by atoms with Gasteiger partial charge in [-0.2, -0.15) is 10.2 Å². The van der Waals surface area contributed by atoms with Crippen LogP contribution in [0.3, 0.4) is 0 Å². The molecule has 1 atom stereocenters. The van der Waals surface area contributed by atoms with E-state index < -0.39 is 0 Å². The standard InChI is InChI=1S/C22H26N8/c1-2-29-15-17(13-25-29)19-10-20-16(11-24-19)12-26-30(20)22-8-5-7-21(28-22)27-18-6-3-4-9-23-14-18/h5,7-8,10-13,15,18,23H,2-4,6,9,14H2,1H3,(H,27,28)/t18-/m1/s1. The zero-order valence-corrected chi connectivity index (χ0v) is 17.1. The van der Waals surface area contributed by atoms with Crippen molar-refractivity contribution < 1.29 is 0 Å². The maximum Gasteiger partial charge on any atom is 0.156 e. The van der Waals surface area contributed by atoms with Gasteiger partial charge >= 0.3 is 0 Å². The zero-order valence-electron chi connectivity index (χ0n) is 17.1. The molecule has 30 heavy (non-hydrogen) atoms. The summed E-state index contributed by atoms with van der Waals surface area (Å²) in [6, 6.07) is 8.48. The van der Waals surface area contributed by atoms with E-state index in [4.69, 9.17) is 4.98 Å². The van der Waals surface area contributed by atoms with Gasteiger partial charge in [-0.25, -0.2) is 9.67 Å². The highest BCUT2D eigenvalue weighted by molar-refractivity contribution is 5.83. The van der Waals surface area contributed by atoms with Gasteiger partial charge in [-0.15, -0.1) is 0 Å².